The molecule has 0 fully saturated rings. The number of hydrogen-bond donors (Lipinski definition) is 0. The average molecular weight is 396 g/mol. The summed E-state index contributed by atoms with van der Waals surface area (Å²) in [4.78, 5) is 16.0. The largest absolute Gasteiger partial charge is 0.416 e. The molecule has 0 saturated heterocycles. The van der Waals surface area contributed by atoms with Gasteiger partial charge in [-0.2, -0.15) is 18.2 Å². The second-order valence-corrected chi connectivity index (χ2v) is 6.41. The summed E-state index contributed by atoms with van der Waals surface area (Å²) in [6.07, 6.45) is 0.642. The molecule has 0 spiro atoms. The van der Waals surface area contributed by atoms with Crippen LogP contribution in [0.3, 0.4) is 0 Å². The monoisotopic (exact) mass is 396 g/mol. The van der Waals surface area contributed by atoms with Gasteiger partial charge in [0.15, 0.2) is 10.6 Å². The fourth-order valence-corrected chi connectivity index (χ4v) is 3.50. The van der Waals surface area contributed by atoms with Crippen LogP contribution < -0.4 is 4.80 Å². The first-order valence-electron chi connectivity index (χ1n) is 7.39. The Labute approximate surface area is 153 Å². The van der Waals surface area contributed by atoms with Crippen molar-refractivity contribution in [2.45, 2.75) is 12.7 Å². The minimum Gasteiger partial charge on any atom is -0.302 e. The van der Waals surface area contributed by atoms with Gasteiger partial charge < -0.3 is 4.57 Å². The van der Waals surface area contributed by atoms with Gasteiger partial charge in [0.05, 0.1) is 22.3 Å². The Kier molecular flexibility index (Phi) is 4.85. The van der Waals surface area contributed by atoms with Crippen LogP contribution in [-0.2, 0) is 12.7 Å². The molecule has 0 bridgehead atoms. The molecule has 1 aromatic heterocycles. The molecule has 9 heteroatoms. The lowest BCUT2D eigenvalue weighted by molar-refractivity contribution is -0.137. The summed E-state index contributed by atoms with van der Waals surface area (Å²) in [6.45, 7) is -0.155. The van der Waals surface area contributed by atoms with E-state index in [0.29, 0.717) is 12.1 Å². The topological polar surface area (TPSA) is 34.4 Å². The third-order valence-electron chi connectivity index (χ3n) is 3.58. The molecule has 138 valence electrons. The van der Waals surface area contributed by atoms with Crippen molar-refractivity contribution in [2.75, 3.05) is 0 Å². The quantitative estimate of drug-likeness (QED) is 0.468. The molecule has 0 N–H and O–H groups in total. The molecule has 0 aliphatic carbocycles. The van der Waals surface area contributed by atoms with Crippen LogP contribution in [0.15, 0.2) is 41.4 Å². The number of fused-ring (bicyclic) bond motifs is 1. The van der Waals surface area contributed by atoms with E-state index in [2.05, 4.69) is 10.9 Å². The summed E-state index contributed by atoms with van der Waals surface area (Å²) >= 11 is 0.803. The lowest BCUT2D eigenvalue weighted by Gasteiger charge is -2.06. The summed E-state index contributed by atoms with van der Waals surface area (Å²) in [5.74, 6) is -0.383. The van der Waals surface area contributed by atoms with Crippen LogP contribution in [0.1, 0.15) is 15.9 Å². The Bertz CT molecular complexity index is 1150. The second kappa shape index (κ2) is 6.96. The number of rotatable bonds is 2. The van der Waals surface area contributed by atoms with Gasteiger partial charge in [-0.1, -0.05) is 23.3 Å². The molecule has 1 amide bonds. The van der Waals surface area contributed by atoms with Crippen molar-refractivity contribution >= 4 is 27.5 Å². The summed E-state index contributed by atoms with van der Waals surface area (Å²) in [6, 6.07) is 5.49. The highest BCUT2D eigenvalue weighted by atomic mass is 32.1. The lowest BCUT2D eigenvalue weighted by atomic mass is 10.1. The summed E-state index contributed by atoms with van der Waals surface area (Å²) in [5, 5.41) is 0. The summed E-state index contributed by atoms with van der Waals surface area (Å²) in [5.41, 5.74) is -1.32. The van der Waals surface area contributed by atoms with E-state index in [1.807, 2.05) is 0 Å². The fraction of sp³-hybridized carbons (Fsp3) is 0.111. The maximum atomic E-state index is 14.1. The van der Waals surface area contributed by atoms with Crippen molar-refractivity contribution in [1.29, 1.82) is 0 Å². The van der Waals surface area contributed by atoms with E-state index in [0.717, 1.165) is 29.5 Å². The molecule has 0 radical (unpaired) electrons. The maximum Gasteiger partial charge on any atom is 0.416 e. The smallest absolute Gasteiger partial charge is 0.302 e. The molecule has 3 aromatic rings. The molecule has 0 atom stereocenters. The zero-order valence-corrected chi connectivity index (χ0v) is 14.2. The van der Waals surface area contributed by atoms with Crippen molar-refractivity contribution in [3.8, 4) is 12.3 Å². The van der Waals surface area contributed by atoms with Gasteiger partial charge in [0.2, 0.25) is 0 Å². The Hall–Kier alpha value is -2.99. The number of amides is 1. The van der Waals surface area contributed by atoms with E-state index in [4.69, 9.17) is 6.42 Å². The number of halogens is 5. The number of nitrogens with zero attached hydrogens (tertiary/aromatic N) is 2. The molecule has 3 rings (SSSR count). The van der Waals surface area contributed by atoms with E-state index < -0.39 is 29.3 Å². The van der Waals surface area contributed by atoms with Crippen molar-refractivity contribution < 1.29 is 26.7 Å². The Morgan fingerprint density at radius 3 is 2.63 bits per heavy atom. The van der Waals surface area contributed by atoms with Gasteiger partial charge in [0.1, 0.15) is 5.82 Å². The van der Waals surface area contributed by atoms with E-state index in [-0.39, 0.29) is 27.1 Å². The molecule has 27 heavy (non-hydrogen) atoms. The Morgan fingerprint density at radius 2 is 1.96 bits per heavy atom. The normalized spacial score (nSPS) is 12.4. The van der Waals surface area contributed by atoms with Gasteiger partial charge in [0, 0.05) is 11.6 Å². The SMILES string of the molecule is C#CCn1c(=NC(=O)c2cccc(C(F)(F)F)c2)sc2cc(F)cc(F)c21. The van der Waals surface area contributed by atoms with Gasteiger partial charge in [-0.05, 0) is 24.3 Å². The maximum absolute atomic E-state index is 14.1. The predicted octanol–water partition coefficient (Wildman–Crippen LogP) is 4.37. The standard InChI is InChI=1S/C18H9F5N2OS/c1-2-6-25-15-13(20)8-12(19)9-14(15)27-17(25)24-16(26)10-4-3-5-11(7-10)18(21,22)23/h1,3-5,7-9H,6H2. The van der Waals surface area contributed by atoms with Crippen LogP contribution in [0.4, 0.5) is 22.0 Å². The Morgan fingerprint density at radius 1 is 1.22 bits per heavy atom. The van der Waals surface area contributed by atoms with Crippen LogP contribution >= 0.6 is 11.3 Å². The van der Waals surface area contributed by atoms with E-state index in [1.165, 1.54) is 10.6 Å². The third-order valence-corrected chi connectivity index (χ3v) is 4.60. The molecule has 3 nitrogen and oxygen atoms in total. The first-order valence-corrected chi connectivity index (χ1v) is 8.20. The number of terminal acetylenes is 1. The third kappa shape index (κ3) is 3.75. The van der Waals surface area contributed by atoms with Gasteiger partial charge in [-0.25, -0.2) is 8.78 Å². The number of benzene rings is 2. The van der Waals surface area contributed by atoms with Crippen LogP contribution in [0.2, 0.25) is 0 Å². The lowest BCUT2D eigenvalue weighted by Crippen LogP contribution is -2.17. The number of thiazole rings is 1. The van der Waals surface area contributed by atoms with Crippen molar-refractivity contribution in [2.24, 2.45) is 4.99 Å². The molecular weight excluding hydrogens is 387 g/mol. The molecule has 0 unspecified atom stereocenters. The molecule has 2 aromatic carbocycles. The van der Waals surface area contributed by atoms with Crippen molar-refractivity contribution in [1.82, 2.24) is 4.57 Å². The van der Waals surface area contributed by atoms with E-state index in [1.54, 1.807) is 0 Å². The number of alkyl halides is 3. The molecule has 0 saturated carbocycles. The number of carbonyl (C=O) groups is 1. The molecule has 0 aliphatic heterocycles. The highest BCUT2D eigenvalue weighted by Gasteiger charge is 2.30. The fourth-order valence-electron chi connectivity index (χ4n) is 2.43. The first-order chi connectivity index (χ1) is 12.7. The number of aromatic nitrogens is 1. The highest BCUT2D eigenvalue weighted by molar-refractivity contribution is 7.16. The van der Waals surface area contributed by atoms with Gasteiger partial charge >= 0.3 is 6.18 Å². The zero-order chi connectivity index (χ0) is 19.8. The van der Waals surface area contributed by atoms with E-state index in [9.17, 15) is 26.7 Å². The minimum absolute atomic E-state index is 0.0325. The minimum atomic E-state index is -4.61. The highest BCUT2D eigenvalue weighted by Crippen LogP contribution is 2.29. The molecule has 0 aliphatic rings. The zero-order valence-electron chi connectivity index (χ0n) is 13.3. The Balaban J connectivity index is 2.16. The molecular formula is C18H9F5N2OS. The van der Waals surface area contributed by atoms with E-state index >= 15 is 0 Å². The van der Waals surface area contributed by atoms with Gasteiger partial charge in [-0.3, -0.25) is 4.79 Å². The van der Waals surface area contributed by atoms with Gasteiger partial charge in [0.25, 0.3) is 5.91 Å². The number of hydrogen-bond acceptors (Lipinski definition) is 2. The van der Waals surface area contributed by atoms with Gasteiger partial charge in [-0.15, -0.1) is 6.42 Å². The summed E-state index contributed by atoms with van der Waals surface area (Å²) in [7, 11) is 0. The van der Waals surface area contributed by atoms with Crippen LogP contribution in [0.25, 0.3) is 10.2 Å². The first kappa shape index (κ1) is 18.8. The average Bonchev–Trinajstić information content (AvgIpc) is 2.92. The second-order valence-electron chi connectivity index (χ2n) is 5.40. The van der Waals surface area contributed by atoms with Crippen molar-refractivity contribution in [3.05, 3.63) is 64.0 Å². The van der Waals surface area contributed by atoms with Crippen LogP contribution in [0, 0.1) is 24.0 Å². The molecule has 1 heterocycles. The van der Waals surface area contributed by atoms with Crippen molar-refractivity contribution in [3.63, 3.8) is 0 Å². The van der Waals surface area contributed by atoms with Crippen LogP contribution in [0.5, 0.6) is 0 Å². The predicted molar refractivity (Wildman–Crippen MR) is 89.9 cm³/mol. The number of carbonyl (C=O) groups excluding carboxylic acids is 1. The van der Waals surface area contributed by atoms with Crippen LogP contribution in [-0.4, -0.2) is 10.5 Å². The summed E-state index contributed by atoms with van der Waals surface area (Å²) < 4.78 is 67.3.